The van der Waals surface area contributed by atoms with Crippen molar-refractivity contribution in [2.75, 3.05) is 6.54 Å². The average molecular weight is 421 g/mol. The molecule has 1 aromatic heterocycles. The summed E-state index contributed by atoms with van der Waals surface area (Å²) in [4.78, 5) is 33.4. The Morgan fingerprint density at radius 1 is 1.16 bits per heavy atom. The molecule has 0 spiro atoms. The summed E-state index contributed by atoms with van der Waals surface area (Å²) in [6.45, 7) is 6.29. The van der Waals surface area contributed by atoms with Gasteiger partial charge in [-0.25, -0.2) is 0 Å². The Balaban J connectivity index is 1.45. The van der Waals surface area contributed by atoms with Crippen molar-refractivity contribution in [3.8, 4) is 5.75 Å². The van der Waals surface area contributed by atoms with E-state index in [4.69, 9.17) is 9.36 Å². The van der Waals surface area contributed by atoms with Crippen LogP contribution >= 0.6 is 0 Å². The van der Waals surface area contributed by atoms with Crippen LogP contribution in [0.15, 0.2) is 53.1 Å². The number of hydroxylamine groups is 1. The van der Waals surface area contributed by atoms with Crippen molar-refractivity contribution in [1.29, 1.82) is 0 Å². The third-order valence-electron chi connectivity index (χ3n) is 5.71. The summed E-state index contributed by atoms with van der Waals surface area (Å²) in [5.74, 6) is 0.176. The summed E-state index contributed by atoms with van der Waals surface area (Å²) in [5.41, 5.74) is 3.26. The SMILES string of the molecule is Cc1cc(C(C(=O)N2CCCC2C(=O)NOc2ccc3ccccc3c2)C(C)C)on1. The summed E-state index contributed by atoms with van der Waals surface area (Å²) < 4.78 is 5.38. The van der Waals surface area contributed by atoms with Crippen molar-refractivity contribution < 1.29 is 18.9 Å². The zero-order valence-electron chi connectivity index (χ0n) is 18.0. The maximum absolute atomic E-state index is 13.3. The fraction of sp³-hybridized carbons (Fsp3) is 0.375. The molecule has 3 aromatic rings. The minimum atomic E-state index is -0.571. The molecule has 31 heavy (non-hydrogen) atoms. The Morgan fingerprint density at radius 2 is 1.94 bits per heavy atom. The van der Waals surface area contributed by atoms with E-state index in [9.17, 15) is 9.59 Å². The van der Waals surface area contributed by atoms with E-state index in [0.29, 0.717) is 24.5 Å². The molecule has 0 bridgehead atoms. The molecule has 162 valence electrons. The number of nitrogens with one attached hydrogen (secondary N) is 1. The summed E-state index contributed by atoms with van der Waals surface area (Å²) in [6, 6.07) is 14.8. The van der Waals surface area contributed by atoms with E-state index < -0.39 is 12.0 Å². The van der Waals surface area contributed by atoms with Gasteiger partial charge in [0.1, 0.15) is 17.7 Å². The maximum atomic E-state index is 13.3. The van der Waals surface area contributed by atoms with E-state index in [1.165, 1.54) is 0 Å². The summed E-state index contributed by atoms with van der Waals surface area (Å²) in [7, 11) is 0. The van der Waals surface area contributed by atoms with Crippen LogP contribution in [-0.4, -0.2) is 34.5 Å². The molecule has 1 aliphatic rings. The molecule has 2 heterocycles. The molecule has 0 radical (unpaired) electrons. The molecule has 2 atom stereocenters. The van der Waals surface area contributed by atoms with E-state index in [1.54, 1.807) is 17.0 Å². The van der Waals surface area contributed by atoms with Gasteiger partial charge in [-0.05, 0) is 48.6 Å². The molecule has 7 nitrogen and oxygen atoms in total. The Morgan fingerprint density at radius 3 is 2.65 bits per heavy atom. The molecule has 1 aliphatic heterocycles. The van der Waals surface area contributed by atoms with Gasteiger partial charge in [0.15, 0.2) is 5.75 Å². The van der Waals surface area contributed by atoms with Crippen LogP contribution in [0.5, 0.6) is 5.75 Å². The Hall–Kier alpha value is -3.35. The normalized spacial score (nSPS) is 17.2. The molecule has 2 amide bonds. The van der Waals surface area contributed by atoms with Crippen LogP contribution in [0, 0.1) is 12.8 Å². The van der Waals surface area contributed by atoms with Gasteiger partial charge in [-0.2, -0.15) is 5.48 Å². The van der Waals surface area contributed by atoms with Crippen molar-refractivity contribution in [3.63, 3.8) is 0 Å². The fourth-order valence-corrected chi connectivity index (χ4v) is 4.16. The highest BCUT2D eigenvalue weighted by Gasteiger charge is 2.40. The van der Waals surface area contributed by atoms with E-state index in [2.05, 4.69) is 10.6 Å². The topological polar surface area (TPSA) is 84.7 Å². The van der Waals surface area contributed by atoms with Crippen molar-refractivity contribution >= 4 is 22.6 Å². The van der Waals surface area contributed by atoms with Gasteiger partial charge in [-0.15, -0.1) is 0 Å². The number of amides is 2. The number of likely N-dealkylation sites (tertiary alicyclic amines) is 1. The molecular weight excluding hydrogens is 394 g/mol. The number of hydrogen-bond acceptors (Lipinski definition) is 5. The first kappa shape index (κ1) is 20.9. The second-order valence-electron chi connectivity index (χ2n) is 8.36. The lowest BCUT2D eigenvalue weighted by molar-refractivity contribution is -0.143. The van der Waals surface area contributed by atoms with Gasteiger partial charge in [0, 0.05) is 12.6 Å². The number of hydrogen-bond donors (Lipinski definition) is 1. The number of fused-ring (bicyclic) bond motifs is 1. The van der Waals surface area contributed by atoms with Gasteiger partial charge in [-0.3, -0.25) is 9.59 Å². The van der Waals surface area contributed by atoms with Crippen LogP contribution in [0.25, 0.3) is 10.8 Å². The molecular formula is C24H27N3O4. The fourth-order valence-electron chi connectivity index (χ4n) is 4.16. The van der Waals surface area contributed by atoms with E-state index >= 15 is 0 Å². The molecule has 1 N–H and O–H groups in total. The van der Waals surface area contributed by atoms with Crippen LogP contribution in [0.4, 0.5) is 0 Å². The second kappa shape index (κ2) is 8.79. The Kier molecular flexibility index (Phi) is 5.93. The molecule has 0 aliphatic carbocycles. The van der Waals surface area contributed by atoms with Crippen molar-refractivity contribution in [2.24, 2.45) is 5.92 Å². The smallest absolute Gasteiger partial charge is 0.275 e. The highest BCUT2D eigenvalue weighted by atomic mass is 16.7. The van der Waals surface area contributed by atoms with Crippen molar-refractivity contribution in [3.05, 3.63) is 60.0 Å². The summed E-state index contributed by atoms with van der Waals surface area (Å²) in [6.07, 6.45) is 1.36. The number of aromatic nitrogens is 1. The van der Waals surface area contributed by atoms with Crippen molar-refractivity contribution in [1.82, 2.24) is 15.5 Å². The molecule has 2 unspecified atom stereocenters. The molecule has 1 fully saturated rings. The van der Waals surface area contributed by atoms with E-state index in [0.717, 1.165) is 22.9 Å². The first-order valence-electron chi connectivity index (χ1n) is 10.6. The number of benzene rings is 2. The van der Waals surface area contributed by atoms with Gasteiger partial charge in [0.25, 0.3) is 5.91 Å². The van der Waals surface area contributed by atoms with Crippen LogP contribution < -0.4 is 10.3 Å². The monoisotopic (exact) mass is 421 g/mol. The number of rotatable bonds is 6. The number of aryl methyl sites for hydroxylation is 1. The largest absolute Gasteiger partial charge is 0.379 e. The van der Waals surface area contributed by atoms with Crippen LogP contribution in [0.2, 0.25) is 0 Å². The van der Waals surface area contributed by atoms with Gasteiger partial charge >= 0.3 is 0 Å². The molecule has 1 saturated heterocycles. The lowest BCUT2D eigenvalue weighted by atomic mass is 9.91. The molecule has 4 rings (SSSR count). The van der Waals surface area contributed by atoms with Gasteiger partial charge < -0.3 is 14.3 Å². The first-order valence-corrected chi connectivity index (χ1v) is 10.6. The highest BCUT2D eigenvalue weighted by Crippen LogP contribution is 2.31. The van der Waals surface area contributed by atoms with E-state index in [1.807, 2.05) is 57.2 Å². The van der Waals surface area contributed by atoms with Crippen LogP contribution in [-0.2, 0) is 9.59 Å². The van der Waals surface area contributed by atoms with Crippen molar-refractivity contribution in [2.45, 2.75) is 45.6 Å². The lowest BCUT2D eigenvalue weighted by Crippen LogP contribution is -2.48. The average Bonchev–Trinajstić information content (AvgIpc) is 3.41. The highest BCUT2D eigenvalue weighted by molar-refractivity contribution is 5.91. The predicted molar refractivity (Wildman–Crippen MR) is 116 cm³/mol. The molecule has 2 aromatic carbocycles. The minimum absolute atomic E-state index is 0.0120. The number of nitrogens with zero attached hydrogens (tertiary/aromatic N) is 2. The minimum Gasteiger partial charge on any atom is -0.379 e. The third kappa shape index (κ3) is 4.40. The van der Waals surface area contributed by atoms with Gasteiger partial charge in [-0.1, -0.05) is 49.3 Å². The lowest BCUT2D eigenvalue weighted by Gasteiger charge is -2.28. The number of carbonyl (C=O) groups is 2. The first-order chi connectivity index (χ1) is 14.9. The maximum Gasteiger partial charge on any atom is 0.275 e. The number of carbonyl (C=O) groups excluding carboxylic acids is 2. The van der Waals surface area contributed by atoms with Gasteiger partial charge in [0.2, 0.25) is 5.91 Å². The van der Waals surface area contributed by atoms with Crippen LogP contribution in [0.1, 0.15) is 44.1 Å². The Bertz CT molecular complexity index is 1090. The summed E-state index contributed by atoms with van der Waals surface area (Å²) in [5, 5.41) is 6.04. The van der Waals surface area contributed by atoms with Crippen LogP contribution in [0.3, 0.4) is 0 Å². The molecule has 0 saturated carbocycles. The standard InChI is InChI=1S/C24H27N3O4/c1-15(2)22(21-13-16(3)25-31-21)24(29)27-12-6-9-20(27)23(28)26-30-19-11-10-17-7-4-5-8-18(17)14-19/h4-5,7-8,10-11,13-15,20,22H,6,9,12H2,1-3H3,(H,26,28). The van der Waals surface area contributed by atoms with Gasteiger partial charge in [0.05, 0.1) is 5.69 Å². The predicted octanol–water partition coefficient (Wildman–Crippen LogP) is 3.98. The quantitative estimate of drug-likeness (QED) is 0.609. The molecule has 7 heteroatoms. The summed E-state index contributed by atoms with van der Waals surface area (Å²) >= 11 is 0. The third-order valence-corrected chi connectivity index (χ3v) is 5.71. The zero-order valence-corrected chi connectivity index (χ0v) is 18.0. The Labute approximate surface area is 181 Å². The zero-order chi connectivity index (χ0) is 22.0. The van der Waals surface area contributed by atoms with E-state index in [-0.39, 0.29) is 17.7 Å². The second-order valence-corrected chi connectivity index (χ2v) is 8.36.